The van der Waals surface area contributed by atoms with Crippen LogP contribution in [0.1, 0.15) is 33.1 Å². The zero-order valence-electron chi connectivity index (χ0n) is 8.67. The summed E-state index contributed by atoms with van der Waals surface area (Å²) < 4.78 is 4.90. The van der Waals surface area contributed by atoms with Gasteiger partial charge >= 0.3 is 5.97 Å². The summed E-state index contributed by atoms with van der Waals surface area (Å²) in [5.41, 5.74) is -0.170. The number of rotatable bonds is 1. The molecule has 0 aromatic carbocycles. The highest BCUT2D eigenvalue weighted by molar-refractivity contribution is 5.77. The van der Waals surface area contributed by atoms with Gasteiger partial charge in [-0.15, -0.1) is 0 Å². The molecule has 0 N–H and O–H groups in total. The van der Waals surface area contributed by atoms with Crippen LogP contribution >= 0.6 is 0 Å². The minimum Gasteiger partial charge on any atom is -0.469 e. The van der Waals surface area contributed by atoms with Gasteiger partial charge in [-0.1, -0.05) is 6.92 Å². The van der Waals surface area contributed by atoms with Crippen LogP contribution in [0.5, 0.6) is 0 Å². The van der Waals surface area contributed by atoms with E-state index < -0.39 is 0 Å². The molecule has 0 amide bonds. The van der Waals surface area contributed by atoms with E-state index in [1.54, 1.807) is 0 Å². The number of esters is 1. The normalized spacial score (nSPS) is 48.1. The summed E-state index contributed by atoms with van der Waals surface area (Å²) in [6.07, 6.45) is 3.61. The Morgan fingerprint density at radius 2 is 2.15 bits per heavy atom. The Morgan fingerprint density at radius 3 is 2.62 bits per heavy atom. The van der Waals surface area contributed by atoms with Gasteiger partial charge in [-0.2, -0.15) is 0 Å². The summed E-state index contributed by atoms with van der Waals surface area (Å²) in [7, 11) is 1.50. The minimum absolute atomic E-state index is 0.00606. The summed E-state index contributed by atoms with van der Waals surface area (Å²) >= 11 is 0. The predicted molar refractivity (Wildman–Crippen MR) is 50.1 cm³/mol. The van der Waals surface area contributed by atoms with Gasteiger partial charge in [-0.05, 0) is 43.9 Å². The van der Waals surface area contributed by atoms with E-state index in [2.05, 4.69) is 13.8 Å². The maximum Gasteiger partial charge on any atom is 0.311 e. The molecular formula is C11H18O2. The monoisotopic (exact) mass is 182 g/mol. The van der Waals surface area contributed by atoms with E-state index >= 15 is 0 Å². The first-order chi connectivity index (χ1) is 6.08. The Bertz CT molecular complexity index is 236. The molecule has 0 aromatic rings. The number of ether oxygens (including phenoxy) is 1. The van der Waals surface area contributed by atoms with Crippen LogP contribution in [0.3, 0.4) is 0 Å². The molecule has 2 rings (SSSR count). The third kappa shape index (κ3) is 1.11. The first kappa shape index (κ1) is 9.04. The number of hydrogen-bond acceptors (Lipinski definition) is 2. The molecule has 2 heteroatoms. The molecule has 2 aliphatic carbocycles. The summed E-state index contributed by atoms with van der Waals surface area (Å²) in [5, 5.41) is 0. The van der Waals surface area contributed by atoms with E-state index in [4.69, 9.17) is 4.74 Å². The largest absolute Gasteiger partial charge is 0.469 e. The Morgan fingerprint density at radius 1 is 1.46 bits per heavy atom. The summed E-state index contributed by atoms with van der Waals surface area (Å²) in [6, 6.07) is 0. The fraction of sp³-hybridized carbons (Fsp3) is 0.909. The van der Waals surface area contributed by atoms with Crippen LogP contribution in [0.4, 0.5) is 0 Å². The van der Waals surface area contributed by atoms with Crippen molar-refractivity contribution in [1.29, 1.82) is 0 Å². The van der Waals surface area contributed by atoms with Gasteiger partial charge in [-0.3, -0.25) is 4.79 Å². The third-order valence-electron chi connectivity index (χ3n) is 4.16. The summed E-state index contributed by atoms with van der Waals surface area (Å²) in [4.78, 5) is 11.6. The van der Waals surface area contributed by atoms with Gasteiger partial charge in [0, 0.05) is 0 Å². The van der Waals surface area contributed by atoms with E-state index in [9.17, 15) is 4.79 Å². The molecule has 2 fully saturated rings. The van der Waals surface area contributed by atoms with Crippen LogP contribution in [-0.4, -0.2) is 13.1 Å². The van der Waals surface area contributed by atoms with Gasteiger partial charge in [0.15, 0.2) is 0 Å². The van der Waals surface area contributed by atoms with E-state index in [0.29, 0.717) is 11.8 Å². The van der Waals surface area contributed by atoms with Gasteiger partial charge in [0.1, 0.15) is 0 Å². The predicted octanol–water partition coefficient (Wildman–Crippen LogP) is 2.23. The molecule has 0 saturated heterocycles. The van der Waals surface area contributed by atoms with Crippen LogP contribution in [0.25, 0.3) is 0 Å². The molecule has 0 aromatic heterocycles. The Balaban J connectivity index is 2.21. The number of fused-ring (bicyclic) bond motifs is 2. The Kier molecular flexibility index (Phi) is 1.90. The third-order valence-corrected chi connectivity index (χ3v) is 4.16. The van der Waals surface area contributed by atoms with Gasteiger partial charge in [0.2, 0.25) is 0 Å². The van der Waals surface area contributed by atoms with Crippen molar-refractivity contribution in [2.75, 3.05) is 7.11 Å². The highest BCUT2D eigenvalue weighted by Crippen LogP contribution is 2.58. The standard InChI is InChI=1S/C11H18O2/c1-7-4-8-5-9(7)11(2,6-8)10(12)13-3/h7-9H,4-6H2,1-3H3. The number of methoxy groups -OCH3 is 1. The van der Waals surface area contributed by atoms with E-state index in [1.165, 1.54) is 20.0 Å². The second-order valence-corrected chi connectivity index (χ2v) is 5.03. The SMILES string of the molecule is COC(=O)C1(C)CC2CC(C)C1C2. The van der Waals surface area contributed by atoms with E-state index in [-0.39, 0.29) is 11.4 Å². The number of carbonyl (C=O) groups is 1. The van der Waals surface area contributed by atoms with Crippen LogP contribution < -0.4 is 0 Å². The molecule has 0 aliphatic heterocycles. The lowest BCUT2D eigenvalue weighted by atomic mass is 9.70. The lowest BCUT2D eigenvalue weighted by Gasteiger charge is -2.34. The highest BCUT2D eigenvalue weighted by atomic mass is 16.5. The average Bonchev–Trinajstić information content (AvgIpc) is 2.59. The van der Waals surface area contributed by atoms with Crippen molar-refractivity contribution in [2.45, 2.75) is 33.1 Å². The van der Waals surface area contributed by atoms with Gasteiger partial charge < -0.3 is 4.74 Å². The second-order valence-electron chi connectivity index (χ2n) is 5.03. The van der Waals surface area contributed by atoms with Crippen LogP contribution in [0.2, 0.25) is 0 Å². The molecule has 2 nitrogen and oxygen atoms in total. The lowest BCUT2D eigenvalue weighted by molar-refractivity contribution is -0.156. The van der Waals surface area contributed by atoms with Gasteiger partial charge in [0.25, 0.3) is 0 Å². The van der Waals surface area contributed by atoms with E-state index in [1.807, 2.05) is 0 Å². The Hall–Kier alpha value is -0.530. The van der Waals surface area contributed by atoms with Crippen molar-refractivity contribution in [3.05, 3.63) is 0 Å². The molecule has 0 spiro atoms. The maximum absolute atomic E-state index is 11.6. The van der Waals surface area contributed by atoms with Gasteiger partial charge in [0.05, 0.1) is 12.5 Å². The fourth-order valence-corrected chi connectivity index (χ4v) is 3.65. The van der Waals surface area contributed by atoms with Crippen LogP contribution in [0, 0.1) is 23.2 Å². The summed E-state index contributed by atoms with van der Waals surface area (Å²) in [5.74, 6) is 2.07. The minimum atomic E-state index is -0.170. The van der Waals surface area contributed by atoms with Crippen molar-refractivity contribution in [3.63, 3.8) is 0 Å². The van der Waals surface area contributed by atoms with Crippen molar-refractivity contribution in [2.24, 2.45) is 23.2 Å². The van der Waals surface area contributed by atoms with Gasteiger partial charge in [-0.25, -0.2) is 0 Å². The first-order valence-electron chi connectivity index (χ1n) is 5.16. The zero-order chi connectivity index (χ0) is 9.64. The first-order valence-corrected chi connectivity index (χ1v) is 5.16. The number of hydrogen-bond donors (Lipinski definition) is 0. The molecule has 2 bridgehead atoms. The maximum atomic E-state index is 11.6. The molecule has 0 heterocycles. The average molecular weight is 182 g/mol. The fourth-order valence-electron chi connectivity index (χ4n) is 3.65. The molecule has 74 valence electrons. The molecule has 0 radical (unpaired) electrons. The molecule has 4 unspecified atom stereocenters. The quantitative estimate of drug-likeness (QED) is 0.581. The van der Waals surface area contributed by atoms with Crippen molar-refractivity contribution in [1.82, 2.24) is 0 Å². The van der Waals surface area contributed by atoms with Crippen molar-refractivity contribution < 1.29 is 9.53 Å². The molecule has 2 aliphatic rings. The summed E-state index contributed by atoms with van der Waals surface area (Å²) in [6.45, 7) is 4.35. The smallest absolute Gasteiger partial charge is 0.311 e. The molecular weight excluding hydrogens is 164 g/mol. The van der Waals surface area contributed by atoms with Crippen LogP contribution in [0.15, 0.2) is 0 Å². The van der Waals surface area contributed by atoms with Crippen LogP contribution in [-0.2, 0) is 9.53 Å². The van der Waals surface area contributed by atoms with Crippen molar-refractivity contribution in [3.8, 4) is 0 Å². The van der Waals surface area contributed by atoms with E-state index in [0.717, 1.165) is 12.3 Å². The lowest BCUT2D eigenvalue weighted by Crippen LogP contribution is -2.37. The number of carbonyl (C=O) groups excluding carboxylic acids is 1. The molecule has 4 atom stereocenters. The molecule has 2 saturated carbocycles. The second kappa shape index (κ2) is 2.73. The highest BCUT2D eigenvalue weighted by Gasteiger charge is 2.56. The molecule has 13 heavy (non-hydrogen) atoms. The van der Waals surface area contributed by atoms with Crippen molar-refractivity contribution >= 4 is 5.97 Å². The topological polar surface area (TPSA) is 26.3 Å². The zero-order valence-corrected chi connectivity index (χ0v) is 8.67. The Labute approximate surface area is 79.7 Å².